The number of anilines is 1. The van der Waals surface area contributed by atoms with E-state index in [1.54, 1.807) is 40.7 Å². The number of carbonyl (C=O) groups excluding carboxylic acids is 1. The van der Waals surface area contributed by atoms with Gasteiger partial charge in [-0.15, -0.1) is 5.10 Å². The van der Waals surface area contributed by atoms with E-state index >= 15 is 0 Å². The van der Waals surface area contributed by atoms with Crippen LogP contribution in [-0.2, 0) is 16.6 Å². The van der Waals surface area contributed by atoms with Gasteiger partial charge in [0, 0.05) is 30.9 Å². The molecule has 0 radical (unpaired) electrons. The molecule has 12 heteroatoms. The zero-order chi connectivity index (χ0) is 28.2. The highest BCUT2D eigenvalue weighted by Crippen LogP contribution is 2.40. The molecule has 0 saturated carbocycles. The molecule has 1 saturated heterocycles. The Labute approximate surface area is 229 Å². The molecule has 1 amide bonds. The fourth-order valence-corrected chi connectivity index (χ4v) is 6.53. The first-order valence-electron chi connectivity index (χ1n) is 13.3. The average molecular weight is 556 g/mol. The van der Waals surface area contributed by atoms with Crippen molar-refractivity contribution in [2.45, 2.75) is 77.8 Å². The van der Waals surface area contributed by atoms with Gasteiger partial charge in [-0.05, 0) is 63.5 Å². The number of aromatic nitrogens is 5. The van der Waals surface area contributed by atoms with E-state index in [-0.39, 0.29) is 21.4 Å². The van der Waals surface area contributed by atoms with Crippen LogP contribution in [0.4, 0.5) is 5.82 Å². The van der Waals surface area contributed by atoms with Gasteiger partial charge in [0.2, 0.25) is 5.88 Å². The monoisotopic (exact) mass is 555 g/mol. The van der Waals surface area contributed by atoms with Crippen LogP contribution in [0.2, 0.25) is 0 Å². The molecule has 3 aromatic rings. The van der Waals surface area contributed by atoms with Gasteiger partial charge in [-0.2, -0.15) is 5.10 Å². The van der Waals surface area contributed by atoms with Crippen molar-refractivity contribution in [1.29, 1.82) is 0 Å². The van der Waals surface area contributed by atoms with Gasteiger partial charge in [0.25, 0.3) is 15.9 Å². The molecule has 1 fully saturated rings. The third-order valence-electron chi connectivity index (χ3n) is 7.33. The van der Waals surface area contributed by atoms with Crippen LogP contribution >= 0.6 is 0 Å². The smallest absolute Gasteiger partial charge is 0.268 e. The van der Waals surface area contributed by atoms with E-state index in [4.69, 9.17) is 9.72 Å². The van der Waals surface area contributed by atoms with Crippen LogP contribution in [0.5, 0.6) is 5.88 Å². The van der Waals surface area contributed by atoms with Crippen molar-refractivity contribution in [2.75, 3.05) is 18.1 Å². The first-order chi connectivity index (χ1) is 18.2. The Morgan fingerprint density at radius 1 is 1.21 bits per heavy atom. The Morgan fingerprint density at radius 2 is 1.97 bits per heavy atom. The summed E-state index contributed by atoms with van der Waals surface area (Å²) >= 11 is 0. The number of rotatable bonds is 3. The Bertz CT molecular complexity index is 1500. The normalized spacial score (nSPS) is 20.7. The lowest BCUT2D eigenvalue weighted by Gasteiger charge is -2.34. The van der Waals surface area contributed by atoms with E-state index in [9.17, 15) is 13.2 Å². The fourth-order valence-electron chi connectivity index (χ4n) is 5.38. The largest absolute Gasteiger partial charge is 0.476 e. The number of hydrogen-bond acceptors (Lipinski definition) is 8. The second-order valence-corrected chi connectivity index (χ2v) is 14.0. The Hall–Kier alpha value is -3.41. The Balaban J connectivity index is 1.56. The van der Waals surface area contributed by atoms with E-state index in [1.807, 2.05) is 0 Å². The van der Waals surface area contributed by atoms with Crippen LogP contribution in [0.3, 0.4) is 0 Å². The van der Waals surface area contributed by atoms with Crippen molar-refractivity contribution in [1.82, 2.24) is 29.3 Å². The molecule has 210 valence electrons. The van der Waals surface area contributed by atoms with E-state index in [1.165, 1.54) is 6.20 Å². The van der Waals surface area contributed by atoms with Gasteiger partial charge in [-0.3, -0.25) is 9.48 Å². The number of nitrogens with one attached hydrogen (secondary N) is 1. The minimum atomic E-state index is -4.13. The van der Waals surface area contributed by atoms with Crippen molar-refractivity contribution in [3.05, 3.63) is 41.9 Å². The molecule has 2 aliphatic rings. The van der Waals surface area contributed by atoms with E-state index < -0.39 is 15.9 Å². The fraction of sp³-hybridized carbons (Fsp3) is 0.556. The second-order valence-electron chi connectivity index (χ2n) is 12.4. The second kappa shape index (κ2) is 9.65. The molecule has 1 unspecified atom stereocenters. The molecule has 2 aliphatic heterocycles. The maximum atomic E-state index is 13.5. The van der Waals surface area contributed by atoms with Crippen molar-refractivity contribution in [2.24, 2.45) is 11.3 Å². The molecule has 5 rings (SSSR count). The average Bonchev–Trinajstić information content (AvgIpc) is 3.53. The summed E-state index contributed by atoms with van der Waals surface area (Å²) in [5.41, 5.74) is 0.399. The molecule has 1 atom stereocenters. The maximum Gasteiger partial charge on any atom is 0.268 e. The molecule has 0 aromatic carbocycles. The van der Waals surface area contributed by atoms with Gasteiger partial charge in [0.1, 0.15) is 10.7 Å². The molecular weight excluding hydrogens is 518 g/mol. The van der Waals surface area contributed by atoms with Gasteiger partial charge in [0.05, 0.1) is 24.1 Å². The number of pyridine rings is 1. The van der Waals surface area contributed by atoms with E-state index in [2.05, 4.69) is 54.4 Å². The summed E-state index contributed by atoms with van der Waals surface area (Å²) in [6, 6.07) is 5.06. The minimum Gasteiger partial charge on any atom is -0.476 e. The number of carbonyl (C=O) groups is 1. The maximum absolute atomic E-state index is 13.5. The summed E-state index contributed by atoms with van der Waals surface area (Å²) in [5.74, 6) is 1.08. The Morgan fingerprint density at radius 3 is 2.72 bits per heavy atom. The predicted molar refractivity (Wildman–Crippen MR) is 147 cm³/mol. The molecule has 0 aliphatic carbocycles. The van der Waals surface area contributed by atoms with Crippen LogP contribution in [0.1, 0.15) is 69.9 Å². The number of nitrogens with zero attached hydrogens (tertiary/aromatic N) is 6. The standard InChI is InChI=1S/C27H37N7O4S/c1-18-21-15-28-33(18)12-7-8-19-14-27(5,6)32(16-19)24-20(25(35)31-39(21,36)37)9-10-22(29-24)34-13-11-23(30-34)38-17-26(2,3)4/h9-11,13,15,19H,7-8,12,14,16-17H2,1-6H3,(H,31,35). The number of fused-ring (bicyclic) bond motifs is 6. The molecular formula is C27H37N7O4S. The number of ether oxygens (including phenoxy) is 1. The van der Waals surface area contributed by atoms with E-state index in [0.29, 0.717) is 48.8 Å². The first-order valence-corrected chi connectivity index (χ1v) is 14.8. The van der Waals surface area contributed by atoms with Gasteiger partial charge in [-0.1, -0.05) is 20.8 Å². The van der Waals surface area contributed by atoms with Crippen LogP contribution < -0.4 is 14.4 Å². The topological polar surface area (TPSA) is 124 Å². The van der Waals surface area contributed by atoms with Gasteiger partial charge >= 0.3 is 0 Å². The molecule has 39 heavy (non-hydrogen) atoms. The van der Waals surface area contributed by atoms with Crippen LogP contribution in [0.15, 0.2) is 35.5 Å². The van der Waals surface area contributed by atoms with Gasteiger partial charge in [0.15, 0.2) is 5.82 Å². The lowest BCUT2D eigenvalue weighted by molar-refractivity contribution is 0.0981. The van der Waals surface area contributed by atoms with Crippen LogP contribution in [0.25, 0.3) is 5.82 Å². The third kappa shape index (κ3) is 5.52. The highest BCUT2D eigenvalue weighted by atomic mass is 32.2. The molecule has 0 spiro atoms. The van der Waals surface area contributed by atoms with Crippen molar-refractivity contribution in [3.63, 3.8) is 0 Å². The quantitative estimate of drug-likeness (QED) is 0.519. The highest BCUT2D eigenvalue weighted by Gasteiger charge is 2.41. The zero-order valence-corrected chi connectivity index (χ0v) is 24.2. The molecule has 11 nitrogen and oxygen atoms in total. The summed E-state index contributed by atoms with van der Waals surface area (Å²) in [7, 11) is -4.13. The van der Waals surface area contributed by atoms with Crippen molar-refractivity contribution < 1.29 is 17.9 Å². The number of hydrogen-bond donors (Lipinski definition) is 1. The predicted octanol–water partition coefficient (Wildman–Crippen LogP) is 3.71. The lowest BCUT2D eigenvalue weighted by atomic mass is 9.93. The summed E-state index contributed by atoms with van der Waals surface area (Å²) in [6.07, 6.45) is 5.82. The summed E-state index contributed by atoms with van der Waals surface area (Å²) < 4.78 is 37.8. The lowest BCUT2D eigenvalue weighted by Crippen LogP contribution is -2.41. The minimum absolute atomic E-state index is 0.00183. The number of aryl methyl sites for hydroxylation is 1. The number of amides is 1. The van der Waals surface area contributed by atoms with E-state index in [0.717, 1.165) is 19.3 Å². The summed E-state index contributed by atoms with van der Waals surface area (Å²) in [5, 5.41) is 8.80. The van der Waals surface area contributed by atoms with Crippen molar-refractivity contribution >= 4 is 21.7 Å². The summed E-state index contributed by atoms with van der Waals surface area (Å²) in [4.78, 5) is 20.5. The Kier molecular flexibility index (Phi) is 6.72. The highest BCUT2D eigenvalue weighted by molar-refractivity contribution is 7.90. The molecule has 5 heterocycles. The first kappa shape index (κ1) is 27.2. The zero-order valence-electron chi connectivity index (χ0n) is 23.4. The molecule has 3 aromatic heterocycles. The molecule has 1 N–H and O–H groups in total. The van der Waals surface area contributed by atoms with Gasteiger partial charge in [-0.25, -0.2) is 22.8 Å². The van der Waals surface area contributed by atoms with Crippen LogP contribution in [-0.4, -0.2) is 57.6 Å². The third-order valence-corrected chi connectivity index (χ3v) is 8.76. The van der Waals surface area contributed by atoms with Crippen molar-refractivity contribution in [3.8, 4) is 11.7 Å². The summed E-state index contributed by atoms with van der Waals surface area (Å²) in [6.45, 7) is 14.1. The number of sulfonamides is 1. The SMILES string of the molecule is Cc1c2cnn1CCCC1CN(c3nc(-n4ccc(OCC(C)(C)C)n4)ccc3C(=O)NS2(=O)=O)C(C)(C)C1. The molecule has 4 bridgehead atoms. The van der Waals surface area contributed by atoms with Crippen LogP contribution in [0, 0.1) is 18.3 Å². The van der Waals surface area contributed by atoms with Gasteiger partial charge < -0.3 is 9.64 Å².